The van der Waals surface area contributed by atoms with Crippen LogP contribution in [-0.2, 0) is 11.2 Å². The van der Waals surface area contributed by atoms with Gasteiger partial charge in [-0.25, -0.2) is 4.39 Å². The van der Waals surface area contributed by atoms with Crippen LogP contribution >= 0.6 is 11.6 Å². The van der Waals surface area contributed by atoms with Crippen molar-refractivity contribution in [3.05, 3.63) is 34.6 Å². The molecule has 0 saturated carbocycles. The minimum Gasteiger partial charge on any atom is -0.299 e. The van der Waals surface area contributed by atoms with Crippen LogP contribution in [0.25, 0.3) is 0 Å². The van der Waals surface area contributed by atoms with Crippen molar-refractivity contribution < 1.29 is 9.18 Å². The van der Waals surface area contributed by atoms with Gasteiger partial charge in [0.05, 0.1) is 0 Å². The zero-order valence-electron chi connectivity index (χ0n) is 8.09. The molecule has 0 aliphatic carbocycles. The Bertz CT molecular complexity index is 386. The molecule has 1 rings (SSSR count). The molecule has 0 aliphatic rings. The first-order chi connectivity index (χ1) is 7.15. The molecule has 3 heteroatoms. The van der Waals surface area contributed by atoms with Gasteiger partial charge in [-0.1, -0.05) is 17.7 Å². The number of carbonyl (C=O) groups is 1. The summed E-state index contributed by atoms with van der Waals surface area (Å²) >= 11 is 5.78. The van der Waals surface area contributed by atoms with Gasteiger partial charge in [0.2, 0.25) is 0 Å². The molecular formula is C12H10ClFO. The molecule has 0 amide bonds. The van der Waals surface area contributed by atoms with E-state index in [9.17, 15) is 9.18 Å². The van der Waals surface area contributed by atoms with Crippen LogP contribution in [0, 0.1) is 18.2 Å². The summed E-state index contributed by atoms with van der Waals surface area (Å²) in [5.74, 6) is 1.82. The highest BCUT2D eigenvalue weighted by molar-refractivity contribution is 6.31. The smallest absolute Gasteiger partial charge is 0.138 e. The van der Waals surface area contributed by atoms with E-state index in [1.54, 1.807) is 6.07 Å². The molecule has 0 fully saturated rings. The summed E-state index contributed by atoms with van der Waals surface area (Å²) in [5.41, 5.74) is 0.251. The van der Waals surface area contributed by atoms with Gasteiger partial charge in [-0.2, -0.15) is 0 Å². The molecule has 1 aromatic carbocycles. The zero-order valence-corrected chi connectivity index (χ0v) is 8.85. The number of halogens is 2. The maximum atomic E-state index is 13.3. The normalized spacial score (nSPS) is 9.67. The summed E-state index contributed by atoms with van der Waals surface area (Å²) in [6, 6.07) is 4.36. The van der Waals surface area contributed by atoms with Crippen LogP contribution in [0.3, 0.4) is 0 Å². The van der Waals surface area contributed by atoms with E-state index in [0.29, 0.717) is 6.42 Å². The highest BCUT2D eigenvalue weighted by Crippen LogP contribution is 2.20. The number of rotatable bonds is 4. The van der Waals surface area contributed by atoms with Crippen LogP contribution in [0.15, 0.2) is 18.2 Å². The molecule has 0 aliphatic heterocycles. The maximum Gasteiger partial charge on any atom is 0.138 e. The summed E-state index contributed by atoms with van der Waals surface area (Å²) < 4.78 is 13.3. The fourth-order valence-corrected chi connectivity index (χ4v) is 1.43. The molecule has 0 saturated heterocycles. The lowest BCUT2D eigenvalue weighted by atomic mass is 10.1. The first-order valence-electron chi connectivity index (χ1n) is 4.53. The predicted molar refractivity (Wildman–Crippen MR) is 58.2 cm³/mol. The summed E-state index contributed by atoms with van der Waals surface area (Å²) in [4.78, 5) is 11.4. The lowest BCUT2D eigenvalue weighted by Crippen LogP contribution is -2.04. The second-order valence-corrected chi connectivity index (χ2v) is 3.53. The maximum absolute atomic E-state index is 13.3. The summed E-state index contributed by atoms with van der Waals surface area (Å²) in [7, 11) is 0. The van der Waals surface area contributed by atoms with Gasteiger partial charge in [0.1, 0.15) is 11.6 Å². The molecule has 0 spiro atoms. The number of hydrogen-bond acceptors (Lipinski definition) is 1. The van der Waals surface area contributed by atoms with Crippen molar-refractivity contribution in [1.29, 1.82) is 0 Å². The van der Waals surface area contributed by atoms with Crippen LogP contribution in [0.5, 0.6) is 0 Å². The van der Waals surface area contributed by atoms with E-state index in [0.717, 1.165) is 0 Å². The lowest BCUT2D eigenvalue weighted by molar-refractivity contribution is -0.118. The van der Waals surface area contributed by atoms with Crippen molar-refractivity contribution in [3.8, 4) is 12.3 Å². The Balaban J connectivity index is 2.73. The highest BCUT2D eigenvalue weighted by Gasteiger charge is 2.10. The Kier molecular flexibility index (Phi) is 4.33. The second kappa shape index (κ2) is 5.53. The van der Waals surface area contributed by atoms with E-state index in [-0.39, 0.29) is 29.2 Å². The second-order valence-electron chi connectivity index (χ2n) is 3.12. The summed E-state index contributed by atoms with van der Waals surface area (Å²) in [6.45, 7) is 0. The van der Waals surface area contributed by atoms with Crippen LogP contribution in [0.2, 0.25) is 5.02 Å². The van der Waals surface area contributed by atoms with Gasteiger partial charge in [0, 0.05) is 29.8 Å². The van der Waals surface area contributed by atoms with Gasteiger partial charge >= 0.3 is 0 Å². The molecule has 0 N–H and O–H groups in total. The van der Waals surface area contributed by atoms with Crippen LogP contribution in [0.1, 0.15) is 18.4 Å². The molecule has 0 heterocycles. The fourth-order valence-electron chi connectivity index (χ4n) is 1.20. The van der Waals surface area contributed by atoms with Crippen LogP contribution in [-0.4, -0.2) is 5.78 Å². The standard InChI is InChI=1S/C12H10ClFO/c1-2-3-5-9(15)8-10-11(13)6-4-7-12(10)14/h1,4,6-7H,3,5,8H2. The van der Waals surface area contributed by atoms with Gasteiger partial charge in [-0.05, 0) is 12.1 Å². The Morgan fingerprint density at radius 2 is 2.27 bits per heavy atom. The third kappa shape index (κ3) is 3.38. The van der Waals surface area contributed by atoms with Gasteiger partial charge in [0.15, 0.2) is 0 Å². The number of Topliss-reactive ketones (excluding diaryl/α,β-unsaturated/α-hetero) is 1. The van der Waals surface area contributed by atoms with Crippen molar-refractivity contribution >= 4 is 17.4 Å². The third-order valence-corrected chi connectivity index (χ3v) is 2.34. The van der Waals surface area contributed by atoms with Gasteiger partial charge in [0.25, 0.3) is 0 Å². The average Bonchev–Trinajstić information content (AvgIpc) is 2.21. The number of hydrogen-bond donors (Lipinski definition) is 0. The molecule has 0 bridgehead atoms. The van der Waals surface area contributed by atoms with E-state index < -0.39 is 5.82 Å². The minimum atomic E-state index is -0.448. The minimum absolute atomic E-state index is 0.00713. The lowest BCUT2D eigenvalue weighted by Gasteiger charge is -2.03. The van der Waals surface area contributed by atoms with Crippen molar-refractivity contribution in [2.45, 2.75) is 19.3 Å². The quantitative estimate of drug-likeness (QED) is 0.719. The molecular weight excluding hydrogens is 215 g/mol. The van der Waals surface area contributed by atoms with E-state index in [1.807, 2.05) is 0 Å². The van der Waals surface area contributed by atoms with Crippen molar-refractivity contribution in [2.24, 2.45) is 0 Å². The molecule has 78 valence electrons. The Morgan fingerprint density at radius 3 is 2.87 bits per heavy atom. The number of ketones is 1. The van der Waals surface area contributed by atoms with Crippen LogP contribution < -0.4 is 0 Å². The van der Waals surface area contributed by atoms with E-state index in [4.69, 9.17) is 18.0 Å². The van der Waals surface area contributed by atoms with Gasteiger partial charge in [-0.3, -0.25) is 4.79 Å². The monoisotopic (exact) mass is 224 g/mol. The van der Waals surface area contributed by atoms with E-state index in [2.05, 4.69) is 5.92 Å². The number of terminal acetylenes is 1. The van der Waals surface area contributed by atoms with E-state index in [1.165, 1.54) is 12.1 Å². The molecule has 15 heavy (non-hydrogen) atoms. The van der Waals surface area contributed by atoms with Crippen molar-refractivity contribution in [2.75, 3.05) is 0 Å². The predicted octanol–water partition coefficient (Wildman–Crippen LogP) is 3.00. The van der Waals surface area contributed by atoms with Crippen molar-refractivity contribution in [1.82, 2.24) is 0 Å². The summed E-state index contributed by atoms with van der Waals surface area (Å²) in [6.07, 6.45) is 5.68. The van der Waals surface area contributed by atoms with E-state index >= 15 is 0 Å². The molecule has 0 unspecified atom stereocenters. The van der Waals surface area contributed by atoms with Gasteiger partial charge in [-0.15, -0.1) is 12.3 Å². The zero-order chi connectivity index (χ0) is 11.3. The fraction of sp³-hybridized carbons (Fsp3) is 0.250. The third-order valence-electron chi connectivity index (χ3n) is 1.98. The topological polar surface area (TPSA) is 17.1 Å². The molecule has 1 aromatic rings. The molecule has 0 atom stereocenters. The Hall–Kier alpha value is -1.33. The van der Waals surface area contributed by atoms with Gasteiger partial charge < -0.3 is 0 Å². The first-order valence-corrected chi connectivity index (χ1v) is 4.91. The number of carbonyl (C=O) groups excluding carboxylic acids is 1. The van der Waals surface area contributed by atoms with Crippen molar-refractivity contribution in [3.63, 3.8) is 0 Å². The Labute approximate surface area is 93.3 Å². The largest absolute Gasteiger partial charge is 0.299 e. The molecule has 0 radical (unpaired) electrons. The first kappa shape index (κ1) is 11.7. The summed E-state index contributed by atoms with van der Waals surface area (Å²) in [5, 5.41) is 0.282. The Morgan fingerprint density at radius 1 is 1.53 bits per heavy atom. The highest BCUT2D eigenvalue weighted by atomic mass is 35.5. The average molecular weight is 225 g/mol. The molecule has 1 nitrogen and oxygen atoms in total. The SMILES string of the molecule is C#CCCC(=O)Cc1c(F)cccc1Cl. The molecule has 0 aromatic heterocycles. The number of benzene rings is 1. The van der Waals surface area contributed by atoms with Crippen LogP contribution in [0.4, 0.5) is 4.39 Å².